The van der Waals surface area contributed by atoms with E-state index in [1.165, 1.54) is 32.9 Å². The average Bonchev–Trinajstić information content (AvgIpc) is 3.13. The van der Waals surface area contributed by atoms with Gasteiger partial charge in [-0.3, -0.25) is 19.2 Å². The highest BCUT2D eigenvalue weighted by Crippen LogP contribution is 2.49. The SMILES string of the molecule is CCC1C=CC(O)C(C)OC(=O)C(=O)C(C)=CC2C(=O)NC3=CC(=O)c4c(cc(C)c(O)c4C(=O)CC1)C32O. The van der Waals surface area contributed by atoms with Gasteiger partial charge in [-0.1, -0.05) is 25.2 Å². The van der Waals surface area contributed by atoms with Crippen LogP contribution in [0, 0.1) is 18.8 Å². The van der Waals surface area contributed by atoms with Crippen LogP contribution in [0.4, 0.5) is 0 Å². The summed E-state index contributed by atoms with van der Waals surface area (Å²) in [5.41, 5.74) is -2.84. The highest BCUT2D eigenvalue weighted by Gasteiger charge is 2.55. The van der Waals surface area contributed by atoms with Gasteiger partial charge in [0, 0.05) is 29.2 Å². The molecule has 4 N–H and O–H groups in total. The molecule has 1 aromatic carbocycles. The van der Waals surface area contributed by atoms with Gasteiger partial charge >= 0.3 is 5.97 Å². The number of ketones is 3. The first-order valence-electron chi connectivity index (χ1n) is 12.8. The minimum atomic E-state index is -2.18. The van der Waals surface area contributed by atoms with E-state index in [0.29, 0.717) is 12.8 Å². The molecule has 2 aliphatic heterocycles. The van der Waals surface area contributed by atoms with E-state index >= 15 is 0 Å². The lowest BCUT2D eigenvalue weighted by molar-refractivity contribution is -0.158. The first-order chi connectivity index (χ1) is 18.3. The number of carbonyl (C=O) groups excluding carboxylic acids is 5. The second kappa shape index (κ2) is 10.3. The van der Waals surface area contributed by atoms with Gasteiger partial charge in [0.15, 0.2) is 11.6 Å². The quantitative estimate of drug-likeness (QED) is 0.238. The number of aliphatic hydroxyl groups is 2. The summed E-state index contributed by atoms with van der Waals surface area (Å²) in [6.45, 7) is 6.09. The van der Waals surface area contributed by atoms with Crippen LogP contribution in [0.2, 0.25) is 0 Å². The van der Waals surface area contributed by atoms with Crippen LogP contribution in [-0.2, 0) is 24.7 Å². The van der Waals surface area contributed by atoms with Crippen molar-refractivity contribution >= 4 is 29.2 Å². The molecule has 10 heteroatoms. The minimum Gasteiger partial charge on any atom is -0.507 e. The van der Waals surface area contributed by atoms with Gasteiger partial charge in [0.2, 0.25) is 5.91 Å². The number of aliphatic hydroxyl groups excluding tert-OH is 1. The molecule has 5 atom stereocenters. The zero-order chi connectivity index (χ0) is 28.8. The molecule has 1 amide bonds. The number of carbonyl (C=O) groups is 5. The fraction of sp³-hybridized carbons (Fsp3) is 0.414. The Balaban J connectivity index is 1.94. The predicted molar refractivity (Wildman–Crippen MR) is 138 cm³/mol. The molecule has 1 saturated heterocycles. The molecule has 0 aromatic heterocycles. The Hall–Kier alpha value is -3.89. The lowest BCUT2D eigenvalue weighted by atomic mass is 9.72. The van der Waals surface area contributed by atoms with Crippen LogP contribution < -0.4 is 5.32 Å². The molecule has 39 heavy (non-hydrogen) atoms. The lowest BCUT2D eigenvalue weighted by Gasteiger charge is -2.34. The third-order valence-corrected chi connectivity index (χ3v) is 7.68. The number of aromatic hydroxyl groups is 1. The topological polar surface area (TPSA) is 167 Å². The highest BCUT2D eigenvalue weighted by molar-refractivity contribution is 6.40. The second-order valence-corrected chi connectivity index (χ2v) is 10.3. The summed E-state index contributed by atoms with van der Waals surface area (Å²) in [6.07, 6.45) is 3.80. The summed E-state index contributed by atoms with van der Waals surface area (Å²) < 4.78 is 5.14. The van der Waals surface area contributed by atoms with Crippen LogP contribution in [-0.4, -0.2) is 56.8 Å². The Morgan fingerprint density at radius 3 is 2.46 bits per heavy atom. The third kappa shape index (κ3) is 4.74. The molecule has 0 saturated carbocycles. The lowest BCUT2D eigenvalue weighted by Crippen LogP contribution is -2.39. The number of phenolic OH excluding ortho intramolecular Hbond substituents is 1. The van der Waals surface area contributed by atoms with Crippen LogP contribution in [0.5, 0.6) is 5.75 Å². The van der Waals surface area contributed by atoms with E-state index in [1.807, 2.05) is 6.92 Å². The van der Waals surface area contributed by atoms with Crippen molar-refractivity contribution in [1.82, 2.24) is 5.32 Å². The molecule has 0 spiro atoms. The van der Waals surface area contributed by atoms with Crippen LogP contribution in [0.1, 0.15) is 71.9 Å². The monoisotopic (exact) mass is 537 g/mol. The van der Waals surface area contributed by atoms with E-state index in [1.54, 1.807) is 6.08 Å². The normalized spacial score (nSPS) is 29.7. The molecule has 3 aliphatic rings. The van der Waals surface area contributed by atoms with Crippen LogP contribution >= 0.6 is 0 Å². The van der Waals surface area contributed by atoms with Crippen LogP contribution in [0.25, 0.3) is 0 Å². The van der Waals surface area contributed by atoms with E-state index < -0.39 is 58.7 Å². The van der Waals surface area contributed by atoms with Crippen molar-refractivity contribution in [3.8, 4) is 5.75 Å². The average molecular weight is 538 g/mol. The smallest absolute Gasteiger partial charge is 0.379 e. The summed E-state index contributed by atoms with van der Waals surface area (Å²) in [5, 5.41) is 35.8. The van der Waals surface area contributed by atoms with Crippen LogP contribution in [0.3, 0.4) is 0 Å². The maximum atomic E-state index is 13.5. The second-order valence-electron chi connectivity index (χ2n) is 10.3. The molecule has 5 unspecified atom stereocenters. The molecular weight excluding hydrogens is 506 g/mol. The number of phenols is 1. The van der Waals surface area contributed by atoms with E-state index in [0.717, 1.165) is 12.2 Å². The van der Waals surface area contributed by atoms with Crippen molar-refractivity contribution in [2.45, 2.75) is 64.8 Å². The van der Waals surface area contributed by atoms with Gasteiger partial charge in [0.05, 0.1) is 17.2 Å². The molecule has 2 heterocycles. The molecule has 10 nitrogen and oxygen atoms in total. The molecule has 4 bridgehead atoms. The standard InChI is InChI=1S/C29H31NO9/c1-5-16-6-8-19(31)15(4)39-28(37)26(35)14(3)11-18-27(36)30-22-12-21(33)23-17(29(18,22)38)10-13(2)25(34)24(23)20(32)9-7-16/h6,8,10-12,15-16,18-19,31,34,38H,5,7,9H2,1-4H3,(H,30,36). The molecule has 206 valence electrons. The van der Waals surface area contributed by atoms with Gasteiger partial charge in [0.25, 0.3) is 5.78 Å². The predicted octanol–water partition coefficient (Wildman–Crippen LogP) is 2.08. The van der Waals surface area contributed by atoms with Crippen molar-refractivity contribution in [3.05, 3.63) is 63.9 Å². The van der Waals surface area contributed by atoms with E-state index in [4.69, 9.17) is 4.74 Å². The Bertz CT molecular complexity index is 1390. The summed E-state index contributed by atoms with van der Waals surface area (Å²) in [4.78, 5) is 65.1. The maximum absolute atomic E-state index is 13.5. The van der Waals surface area contributed by atoms with Crippen LogP contribution in [0.15, 0.2) is 41.6 Å². The molecule has 0 radical (unpaired) electrons. The fourth-order valence-corrected chi connectivity index (χ4v) is 5.24. The zero-order valence-electron chi connectivity index (χ0n) is 22.1. The maximum Gasteiger partial charge on any atom is 0.379 e. The van der Waals surface area contributed by atoms with E-state index in [-0.39, 0.29) is 45.9 Å². The number of nitrogens with one attached hydrogen (secondary N) is 1. The van der Waals surface area contributed by atoms with Crippen molar-refractivity contribution in [3.63, 3.8) is 0 Å². The number of hydrogen-bond donors (Lipinski definition) is 4. The Labute approximate surface area is 225 Å². The molecular formula is C29H31NO9. The Morgan fingerprint density at radius 2 is 1.79 bits per heavy atom. The van der Waals surface area contributed by atoms with Gasteiger partial charge in [-0.25, -0.2) is 4.79 Å². The van der Waals surface area contributed by atoms with Gasteiger partial charge in [-0.15, -0.1) is 0 Å². The number of Topliss-reactive ketones (excluding diaryl/α,β-unsaturated/α-hetero) is 2. The first-order valence-corrected chi connectivity index (χ1v) is 12.8. The van der Waals surface area contributed by atoms with Gasteiger partial charge in [-0.2, -0.15) is 0 Å². The van der Waals surface area contributed by atoms with Crippen molar-refractivity contribution in [2.24, 2.45) is 11.8 Å². The van der Waals surface area contributed by atoms with Gasteiger partial charge in [-0.05, 0) is 51.2 Å². The summed E-state index contributed by atoms with van der Waals surface area (Å²) in [7, 11) is 0. The van der Waals surface area contributed by atoms with Crippen molar-refractivity contribution in [2.75, 3.05) is 0 Å². The molecule has 1 aliphatic carbocycles. The summed E-state index contributed by atoms with van der Waals surface area (Å²) in [6, 6.07) is 1.35. The minimum absolute atomic E-state index is 0.0522. The largest absolute Gasteiger partial charge is 0.507 e. The zero-order valence-corrected chi connectivity index (χ0v) is 22.1. The number of hydrogen-bond acceptors (Lipinski definition) is 9. The molecule has 1 fully saturated rings. The number of aryl methyl sites for hydroxylation is 1. The molecule has 1 aromatic rings. The number of rotatable bonds is 1. The highest BCUT2D eigenvalue weighted by atomic mass is 16.6. The number of cyclic esters (lactones) is 1. The van der Waals surface area contributed by atoms with Crippen molar-refractivity contribution < 1.29 is 44.0 Å². The van der Waals surface area contributed by atoms with Gasteiger partial charge in [0.1, 0.15) is 23.6 Å². The van der Waals surface area contributed by atoms with E-state index in [2.05, 4.69) is 5.32 Å². The number of benzene rings is 1. The molecule has 4 rings (SSSR count). The number of allylic oxidation sites excluding steroid dienone is 2. The number of ether oxygens (including phenoxy) is 1. The fourth-order valence-electron chi connectivity index (χ4n) is 5.24. The summed E-state index contributed by atoms with van der Waals surface area (Å²) >= 11 is 0. The number of esters is 1. The Morgan fingerprint density at radius 1 is 1.10 bits per heavy atom. The number of amides is 1. The van der Waals surface area contributed by atoms with Crippen molar-refractivity contribution in [1.29, 1.82) is 0 Å². The Kier molecular flexibility index (Phi) is 7.46. The summed E-state index contributed by atoms with van der Waals surface area (Å²) in [5.74, 6) is -6.28. The third-order valence-electron chi connectivity index (χ3n) is 7.68. The van der Waals surface area contributed by atoms with E-state index in [9.17, 15) is 39.3 Å². The van der Waals surface area contributed by atoms with Gasteiger partial charge < -0.3 is 25.4 Å². The first kappa shape index (κ1) is 28.1.